The van der Waals surface area contributed by atoms with Crippen LogP contribution in [0.15, 0.2) is 189 Å². The van der Waals surface area contributed by atoms with Gasteiger partial charge >= 0.3 is 0 Å². The maximum absolute atomic E-state index is 15.1. The normalized spacial score (nSPS) is 11.8. The first-order valence-corrected chi connectivity index (χ1v) is 32.6. The van der Waals surface area contributed by atoms with Crippen LogP contribution in [0.2, 0.25) is 15.1 Å². The maximum atomic E-state index is 15.1. The summed E-state index contributed by atoms with van der Waals surface area (Å²) in [6.45, 7) is 3.55. The summed E-state index contributed by atoms with van der Waals surface area (Å²) in [6.07, 6.45) is 15.1. The Labute approximate surface area is 611 Å². The molecule has 0 atom stereocenters. The fraction of sp³-hybridized carbons (Fsp3) is 0.0676. The number of hydrogen-bond acceptors (Lipinski definition) is 15. The molecule has 3 amide bonds. The largest absolute Gasteiger partial charge is 0.454 e. The van der Waals surface area contributed by atoms with Gasteiger partial charge in [0.05, 0.1) is 78.1 Å². The van der Waals surface area contributed by atoms with Gasteiger partial charge < -0.3 is 35.1 Å². The average molecular weight is 1520 g/mol. The maximum Gasteiger partial charge on any atom is 0.255 e. The van der Waals surface area contributed by atoms with Gasteiger partial charge in [-0.15, -0.1) is 0 Å². The summed E-state index contributed by atoms with van der Waals surface area (Å²) in [7, 11) is 0. The van der Waals surface area contributed by atoms with E-state index >= 15 is 4.39 Å². The van der Waals surface area contributed by atoms with E-state index in [9.17, 15) is 53.9 Å². The fourth-order valence-corrected chi connectivity index (χ4v) is 10.8. The van der Waals surface area contributed by atoms with Crippen LogP contribution in [0.4, 0.5) is 66.8 Å². The number of benzene rings is 9. The summed E-state index contributed by atoms with van der Waals surface area (Å²) in [5.74, 6) is -14.3. The zero-order valence-corrected chi connectivity index (χ0v) is 56.8. The van der Waals surface area contributed by atoms with Gasteiger partial charge in [0.1, 0.15) is 53.2 Å². The zero-order valence-electron chi connectivity index (χ0n) is 54.5. The first kappa shape index (κ1) is 72.5. The SMILES string of the molecule is Cc1cn(-c2cnc3ccc(Oc4cc(NC(=O)c5ccc(Cl)c(F)c5)cc(F)c4F)cc3n2)cn1.O=C(Nc1cc(F)c(F)c(Oc2ccc3ncc(-n4ccnc4)nc3c2)c1)c1ccc(Cl)c(F)c1.O=C(Nc1cc(F)c(F)c(Oc2ccc3ncc(N4CCCC4)nc3c2)c1F)c1ccc(Cl)c(F)c1. The van der Waals surface area contributed by atoms with Crippen LogP contribution in [0.3, 0.4) is 0 Å². The van der Waals surface area contributed by atoms with E-state index in [0.29, 0.717) is 56.6 Å². The Balaban J connectivity index is 0.000000142. The first-order chi connectivity index (χ1) is 51.4. The fourth-order valence-electron chi connectivity index (χ4n) is 10.5. The highest BCUT2D eigenvalue weighted by atomic mass is 35.5. The van der Waals surface area contributed by atoms with Crippen molar-refractivity contribution in [3.8, 4) is 46.1 Å². The third kappa shape index (κ3) is 16.7. The number of rotatable bonds is 15. The van der Waals surface area contributed by atoms with E-state index in [0.717, 1.165) is 80.2 Å². The van der Waals surface area contributed by atoms with Crippen molar-refractivity contribution in [1.82, 2.24) is 49.0 Å². The van der Waals surface area contributed by atoms with Crippen LogP contribution in [0, 0.1) is 65.1 Å². The van der Waals surface area contributed by atoms with Crippen molar-refractivity contribution in [3.05, 3.63) is 285 Å². The Morgan fingerprint density at radius 3 is 1.29 bits per heavy atom. The molecule has 0 radical (unpaired) electrons. The summed E-state index contributed by atoms with van der Waals surface area (Å²) < 4.78 is 162. The molecule has 1 fully saturated rings. The van der Waals surface area contributed by atoms with Crippen molar-refractivity contribution < 1.29 is 72.5 Å². The van der Waals surface area contributed by atoms with Gasteiger partial charge in [-0.05, 0) is 111 Å². The molecule has 5 aromatic heterocycles. The second-order valence-electron chi connectivity index (χ2n) is 23.2. The molecule has 0 bridgehead atoms. The zero-order chi connectivity index (χ0) is 75.3. The summed E-state index contributed by atoms with van der Waals surface area (Å²) >= 11 is 16.9. The number of hydrogen-bond donors (Lipinski definition) is 3. The van der Waals surface area contributed by atoms with Gasteiger partial charge in [-0.25, -0.2) is 55.7 Å². The Kier molecular flexibility index (Phi) is 21.2. The van der Waals surface area contributed by atoms with E-state index in [2.05, 4.69) is 60.7 Å². The molecule has 15 rings (SSSR count). The Morgan fingerprint density at radius 1 is 0.421 bits per heavy atom. The predicted molar refractivity (Wildman–Crippen MR) is 376 cm³/mol. The van der Waals surface area contributed by atoms with Crippen LogP contribution >= 0.6 is 34.8 Å². The quantitative estimate of drug-likeness (QED) is 0.0640. The van der Waals surface area contributed by atoms with Gasteiger partial charge in [-0.1, -0.05) is 34.8 Å². The summed E-state index contributed by atoms with van der Waals surface area (Å²) in [5.41, 5.74) is 2.59. The number of nitrogens with zero attached hydrogens (tertiary/aromatic N) is 11. The second-order valence-corrected chi connectivity index (χ2v) is 24.4. The molecule has 14 aromatic rings. The molecule has 0 spiro atoms. The molecule has 0 saturated carbocycles. The molecule has 9 aromatic carbocycles. The molecule has 6 heterocycles. The van der Waals surface area contributed by atoms with E-state index < -0.39 is 98.8 Å². The van der Waals surface area contributed by atoms with E-state index in [1.807, 2.05) is 6.92 Å². The molecule has 0 aliphatic carbocycles. The molecule has 1 aliphatic rings. The van der Waals surface area contributed by atoms with E-state index in [1.54, 1.807) is 77.2 Å². The van der Waals surface area contributed by atoms with Gasteiger partial charge in [0.25, 0.3) is 17.7 Å². The number of carbonyl (C=O) groups is 3. The highest BCUT2D eigenvalue weighted by molar-refractivity contribution is 6.31. The van der Waals surface area contributed by atoms with Crippen LogP contribution in [-0.2, 0) is 0 Å². The lowest BCUT2D eigenvalue weighted by Crippen LogP contribution is -2.19. The van der Waals surface area contributed by atoms with Crippen molar-refractivity contribution in [2.75, 3.05) is 33.9 Å². The smallest absolute Gasteiger partial charge is 0.255 e. The number of aryl methyl sites for hydroxylation is 1. The Hall–Kier alpha value is -12.8. The monoisotopic (exact) mass is 1520 g/mol. The highest BCUT2D eigenvalue weighted by Gasteiger charge is 2.25. The molecule has 0 unspecified atom stereocenters. The van der Waals surface area contributed by atoms with Crippen molar-refractivity contribution in [3.63, 3.8) is 0 Å². The minimum Gasteiger partial charge on any atom is -0.454 e. The summed E-state index contributed by atoms with van der Waals surface area (Å²) in [6, 6.07) is 28.0. The molecule has 107 heavy (non-hydrogen) atoms. The molecule has 538 valence electrons. The number of amides is 3. The summed E-state index contributed by atoms with van der Waals surface area (Å²) in [4.78, 5) is 74.1. The van der Waals surface area contributed by atoms with Gasteiger partial charge in [0, 0.05) is 108 Å². The number of ether oxygens (including phenoxy) is 3. The van der Waals surface area contributed by atoms with Crippen LogP contribution in [-0.4, -0.2) is 79.8 Å². The van der Waals surface area contributed by atoms with Crippen LogP contribution in [0.25, 0.3) is 44.7 Å². The van der Waals surface area contributed by atoms with Crippen molar-refractivity contribution in [2.24, 2.45) is 0 Å². The first-order valence-electron chi connectivity index (χ1n) is 31.5. The third-order valence-electron chi connectivity index (χ3n) is 15.8. The topological polar surface area (TPSA) is 231 Å². The number of aromatic nitrogens is 10. The van der Waals surface area contributed by atoms with Gasteiger partial charge in [0.15, 0.2) is 46.4 Å². The van der Waals surface area contributed by atoms with Crippen LogP contribution in [0.1, 0.15) is 49.6 Å². The number of halogens is 13. The number of fused-ring (bicyclic) bond motifs is 3. The third-order valence-corrected chi connectivity index (χ3v) is 16.7. The molecular formula is C74H45Cl3F10N14O6. The minimum atomic E-state index is -1.58. The van der Waals surface area contributed by atoms with Crippen LogP contribution < -0.4 is 35.1 Å². The van der Waals surface area contributed by atoms with Gasteiger partial charge in [-0.2, -0.15) is 13.2 Å². The number of nitrogens with one attached hydrogen (secondary N) is 3. The lowest BCUT2D eigenvalue weighted by atomic mass is 10.2. The van der Waals surface area contributed by atoms with E-state index in [4.69, 9.17) is 49.0 Å². The Bertz CT molecular complexity index is 5830. The molecule has 33 heteroatoms. The number of carbonyl (C=O) groups excluding carboxylic acids is 3. The number of imidazole rings is 2. The second kappa shape index (κ2) is 31.3. The van der Waals surface area contributed by atoms with Gasteiger partial charge in [0.2, 0.25) is 23.2 Å². The standard InChI is InChI=1S/C25H17ClF4N4O2.C25H15ClF3N5O2.C24H13ClF3N5O2/c26-15-5-3-13(9-16(15)27)25(35)33-20-11-17(28)22(29)24(23(20)30)36-14-4-6-18-19(10-14)32-21(12-31-18)34-7-1-2-8-34;1-13-11-34(12-31-13)23-10-30-20-5-3-16(9-21(20)33-23)36-22-8-15(7-19(28)24(22)29)32-25(35)14-2-4-17(26)18(27)6-14;25-16-3-1-13(7-17(16)26)24(34)31-14-8-18(27)23(28)21(9-14)35-15-2-4-19-20(10-15)32-22(11-30-19)33-6-5-29-12-33/h3-6,9-12H,1-2,7-8H2,(H,33,35);2-12H,1H3,(H,32,35);1-12H,(H,31,34). The molecule has 20 nitrogen and oxygen atoms in total. The predicted octanol–water partition coefficient (Wildman–Crippen LogP) is 18.7. The summed E-state index contributed by atoms with van der Waals surface area (Å²) in [5, 5.41) is 6.36. The van der Waals surface area contributed by atoms with Crippen molar-refractivity contribution in [2.45, 2.75) is 19.8 Å². The Morgan fingerprint density at radius 2 is 0.850 bits per heavy atom. The lowest BCUT2D eigenvalue weighted by molar-refractivity contribution is 0.101. The van der Waals surface area contributed by atoms with Crippen LogP contribution in [0.5, 0.6) is 34.5 Å². The molecule has 3 N–H and O–H groups in total. The van der Waals surface area contributed by atoms with E-state index in [1.165, 1.54) is 66.7 Å². The highest BCUT2D eigenvalue weighted by Crippen LogP contribution is 2.38. The average Bonchev–Trinajstić information content (AvgIpc) is 1.54. The molecule has 1 aliphatic heterocycles. The van der Waals surface area contributed by atoms with Crippen molar-refractivity contribution in [1.29, 1.82) is 0 Å². The lowest BCUT2D eigenvalue weighted by Gasteiger charge is -2.16. The van der Waals surface area contributed by atoms with E-state index in [-0.39, 0.29) is 60.4 Å². The van der Waals surface area contributed by atoms with Crippen molar-refractivity contribution >= 4 is 109 Å². The van der Waals surface area contributed by atoms with Gasteiger partial charge in [-0.3, -0.25) is 38.5 Å². The molecule has 1 saturated heterocycles. The number of anilines is 4. The minimum absolute atomic E-state index is 0.0178. The molecular weight excluding hydrogens is 1480 g/mol.